The SMILES string of the molecule is N#Cc1cn2cnccc2n1. The minimum Gasteiger partial charge on any atom is -0.289 e. The average Bonchev–Trinajstić information content (AvgIpc) is 2.46. The Labute approximate surface area is 62.7 Å². The van der Waals surface area contributed by atoms with Crippen molar-refractivity contribution in [3.63, 3.8) is 0 Å². The molecule has 4 heteroatoms. The van der Waals surface area contributed by atoms with Crippen molar-refractivity contribution in [3.05, 3.63) is 30.5 Å². The third kappa shape index (κ3) is 0.829. The molecule has 2 aromatic heterocycles. The van der Waals surface area contributed by atoms with E-state index in [2.05, 4.69) is 9.97 Å². The van der Waals surface area contributed by atoms with Gasteiger partial charge >= 0.3 is 0 Å². The summed E-state index contributed by atoms with van der Waals surface area (Å²) in [5.41, 5.74) is 1.16. The van der Waals surface area contributed by atoms with Crippen molar-refractivity contribution in [1.82, 2.24) is 14.4 Å². The maximum Gasteiger partial charge on any atom is 0.159 e. The van der Waals surface area contributed by atoms with E-state index in [4.69, 9.17) is 5.26 Å². The number of hydrogen-bond acceptors (Lipinski definition) is 3. The van der Waals surface area contributed by atoms with Crippen molar-refractivity contribution in [1.29, 1.82) is 5.26 Å². The van der Waals surface area contributed by atoms with Crippen LogP contribution in [0.3, 0.4) is 0 Å². The summed E-state index contributed by atoms with van der Waals surface area (Å²) in [5, 5.41) is 8.49. The van der Waals surface area contributed by atoms with E-state index in [1.165, 1.54) is 0 Å². The molecule has 2 aromatic rings. The fourth-order valence-electron chi connectivity index (χ4n) is 0.898. The van der Waals surface area contributed by atoms with E-state index in [-0.39, 0.29) is 0 Å². The number of rotatable bonds is 0. The Hall–Kier alpha value is -1.89. The van der Waals surface area contributed by atoms with Crippen molar-refractivity contribution in [2.45, 2.75) is 0 Å². The van der Waals surface area contributed by atoms with Crippen LogP contribution in [0.2, 0.25) is 0 Å². The Balaban J connectivity index is 2.81. The second kappa shape index (κ2) is 2.06. The number of imidazole rings is 1. The summed E-state index contributed by atoms with van der Waals surface area (Å²) in [6, 6.07) is 3.71. The average molecular weight is 144 g/mol. The van der Waals surface area contributed by atoms with Gasteiger partial charge in [-0.15, -0.1) is 0 Å². The number of nitriles is 1. The number of nitrogens with zero attached hydrogens (tertiary/aromatic N) is 4. The molecule has 4 nitrogen and oxygen atoms in total. The molecule has 0 radical (unpaired) electrons. The lowest BCUT2D eigenvalue weighted by Crippen LogP contribution is -1.81. The van der Waals surface area contributed by atoms with E-state index < -0.39 is 0 Å². The Morgan fingerprint density at radius 1 is 1.55 bits per heavy atom. The molecule has 0 aromatic carbocycles. The quantitative estimate of drug-likeness (QED) is 0.544. The first-order valence-corrected chi connectivity index (χ1v) is 3.09. The minimum atomic E-state index is 0.415. The normalized spacial score (nSPS) is 9.73. The van der Waals surface area contributed by atoms with Gasteiger partial charge in [-0.05, 0) is 6.07 Å². The monoisotopic (exact) mass is 144 g/mol. The summed E-state index contributed by atoms with van der Waals surface area (Å²) in [6.07, 6.45) is 4.90. The number of fused-ring (bicyclic) bond motifs is 1. The van der Waals surface area contributed by atoms with Gasteiger partial charge in [-0.25, -0.2) is 9.97 Å². The molecule has 0 spiro atoms. The minimum absolute atomic E-state index is 0.415. The van der Waals surface area contributed by atoms with Crippen LogP contribution in [0.4, 0.5) is 0 Å². The summed E-state index contributed by atoms with van der Waals surface area (Å²) in [5.74, 6) is 0. The van der Waals surface area contributed by atoms with Gasteiger partial charge in [-0.3, -0.25) is 4.40 Å². The second-order valence-electron chi connectivity index (χ2n) is 2.08. The zero-order valence-corrected chi connectivity index (χ0v) is 5.60. The highest BCUT2D eigenvalue weighted by Crippen LogP contribution is 2.00. The zero-order chi connectivity index (χ0) is 7.68. The first-order valence-electron chi connectivity index (χ1n) is 3.09. The molecule has 0 unspecified atom stereocenters. The van der Waals surface area contributed by atoms with Crippen molar-refractivity contribution >= 4 is 5.65 Å². The molecule has 0 fully saturated rings. The van der Waals surface area contributed by atoms with Crippen LogP contribution in [0.25, 0.3) is 5.65 Å². The first-order chi connectivity index (χ1) is 5.40. The molecule has 0 bridgehead atoms. The van der Waals surface area contributed by atoms with Crippen LogP contribution in [0.5, 0.6) is 0 Å². The van der Waals surface area contributed by atoms with Crippen LogP contribution < -0.4 is 0 Å². The Kier molecular flexibility index (Phi) is 1.10. The molecule has 0 aliphatic heterocycles. The van der Waals surface area contributed by atoms with Gasteiger partial charge in [0.25, 0.3) is 0 Å². The topological polar surface area (TPSA) is 54.0 Å². The molecule has 52 valence electrons. The van der Waals surface area contributed by atoms with Gasteiger partial charge in [0.05, 0.1) is 0 Å². The van der Waals surface area contributed by atoms with Crippen LogP contribution in [0.15, 0.2) is 24.8 Å². The maximum atomic E-state index is 8.49. The van der Waals surface area contributed by atoms with Crippen molar-refractivity contribution < 1.29 is 0 Å². The van der Waals surface area contributed by atoms with E-state index in [1.54, 1.807) is 29.2 Å². The van der Waals surface area contributed by atoms with Gasteiger partial charge in [0, 0.05) is 12.4 Å². The molecule has 0 aliphatic rings. The maximum absolute atomic E-state index is 8.49. The molecule has 0 saturated carbocycles. The van der Waals surface area contributed by atoms with Gasteiger partial charge in [0.15, 0.2) is 5.69 Å². The van der Waals surface area contributed by atoms with Crippen LogP contribution in [-0.4, -0.2) is 14.4 Å². The van der Waals surface area contributed by atoms with Gasteiger partial charge < -0.3 is 0 Å². The second-order valence-corrected chi connectivity index (χ2v) is 2.08. The molecular formula is C7H4N4. The first kappa shape index (κ1) is 5.86. The lowest BCUT2D eigenvalue weighted by Gasteiger charge is -1.85. The smallest absolute Gasteiger partial charge is 0.159 e. The molecule has 0 atom stereocenters. The predicted molar refractivity (Wildman–Crippen MR) is 37.7 cm³/mol. The lowest BCUT2D eigenvalue weighted by molar-refractivity contribution is 1.09. The largest absolute Gasteiger partial charge is 0.289 e. The third-order valence-electron chi connectivity index (χ3n) is 1.38. The zero-order valence-electron chi connectivity index (χ0n) is 5.60. The molecule has 2 rings (SSSR count). The van der Waals surface area contributed by atoms with Gasteiger partial charge in [0.2, 0.25) is 0 Å². The van der Waals surface area contributed by atoms with Crippen molar-refractivity contribution in [2.75, 3.05) is 0 Å². The highest BCUT2D eigenvalue weighted by atomic mass is 15.0. The van der Waals surface area contributed by atoms with Crippen LogP contribution in [-0.2, 0) is 0 Å². The number of hydrogen-bond donors (Lipinski definition) is 0. The summed E-state index contributed by atoms with van der Waals surface area (Å²) >= 11 is 0. The standard InChI is InChI=1S/C7H4N4/c8-3-6-4-11-5-9-2-1-7(11)10-6/h1-2,4-5H. The third-order valence-corrected chi connectivity index (χ3v) is 1.38. The Bertz CT molecular complexity index is 390. The summed E-state index contributed by atoms with van der Waals surface area (Å²) in [4.78, 5) is 7.87. The molecule has 0 aliphatic carbocycles. The molecule has 2 heterocycles. The number of aromatic nitrogens is 3. The fourth-order valence-corrected chi connectivity index (χ4v) is 0.898. The van der Waals surface area contributed by atoms with Crippen LogP contribution >= 0.6 is 0 Å². The Morgan fingerprint density at radius 3 is 3.18 bits per heavy atom. The molecule has 0 saturated heterocycles. The molecule has 11 heavy (non-hydrogen) atoms. The van der Waals surface area contributed by atoms with Gasteiger partial charge in [0.1, 0.15) is 18.0 Å². The van der Waals surface area contributed by atoms with Gasteiger partial charge in [-0.1, -0.05) is 0 Å². The molecular weight excluding hydrogens is 140 g/mol. The highest BCUT2D eigenvalue weighted by Gasteiger charge is 1.96. The summed E-state index contributed by atoms with van der Waals surface area (Å²) < 4.78 is 1.71. The van der Waals surface area contributed by atoms with Crippen molar-refractivity contribution in [2.24, 2.45) is 0 Å². The molecule has 0 amide bonds. The highest BCUT2D eigenvalue weighted by molar-refractivity contribution is 5.40. The fraction of sp³-hybridized carbons (Fsp3) is 0. The van der Waals surface area contributed by atoms with Crippen LogP contribution in [0.1, 0.15) is 5.69 Å². The van der Waals surface area contributed by atoms with E-state index in [0.29, 0.717) is 5.69 Å². The van der Waals surface area contributed by atoms with E-state index >= 15 is 0 Å². The predicted octanol–water partition coefficient (Wildman–Crippen LogP) is 0.601. The summed E-state index contributed by atoms with van der Waals surface area (Å²) in [7, 11) is 0. The van der Waals surface area contributed by atoms with E-state index in [9.17, 15) is 0 Å². The van der Waals surface area contributed by atoms with Crippen molar-refractivity contribution in [3.8, 4) is 6.07 Å². The van der Waals surface area contributed by atoms with Crippen LogP contribution in [0, 0.1) is 11.3 Å². The van der Waals surface area contributed by atoms with Gasteiger partial charge in [-0.2, -0.15) is 5.26 Å². The van der Waals surface area contributed by atoms with E-state index in [0.717, 1.165) is 5.65 Å². The summed E-state index contributed by atoms with van der Waals surface area (Å²) in [6.45, 7) is 0. The lowest BCUT2D eigenvalue weighted by atomic mass is 10.5. The van der Waals surface area contributed by atoms with E-state index in [1.807, 2.05) is 6.07 Å². The Morgan fingerprint density at radius 2 is 2.45 bits per heavy atom. The molecule has 0 N–H and O–H groups in total.